The molecule has 6 nitrogen and oxygen atoms in total. The van der Waals surface area contributed by atoms with Crippen molar-refractivity contribution in [3.05, 3.63) is 78.4 Å². The van der Waals surface area contributed by atoms with Gasteiger partial charge in [0.1, 0.15) is 17.6 Å². The number of aryl methyl sites for hydroxylation is 1. The molecule has 128 valence electrons. The Morgan fingerprint density at radius 1 is 1.12 bits per heavy atom. The molecule has 1 atom stereocenters. The summed E-state index contributed by atoms with van der Waals surface area (Å²) in [5, 5.41) is 5.82. The second-order valence-electron chi connectivity index (χ2n) is 5.54. The summed E-state index contributed by atoms with van der Waals surface area (Å²) in [4.78, 5) is 16.9. The van der Waals surface area contributed by atoms with Crippen LogP contribution in [0.15, 0.2) is 67.0 Å². The Labute approximate surface area is 146 Å². The standard InChI is InChI=1S/C19H20N4O2/c1-23-13-12-20-18(23)17(14-8-4-3-5-9-14)22-19(24)21-15-10-6-7-11-16(15)25-2/h3-13,17H,1-2H3,(H2,21,22,24)/t17-/m0/s1. The average Bonchev–Trinajstić information content (AvgIpc) is 3.06. The maximum atomic E-state index is 12.6. The number of benzene rings is 2. The molecule has 3 rings (SSSR count). The first-order valence-corrected chi connectivity index (χ1v) is 7.91. The van der Waals surface area contributed by atoms with Crippen LogP contribution in [0.4, 0.5) is 10.5 Å². The lowest BCUT2D eigenvalue weighted by Crippen LogP contribution is -2.34. The van der Waals surface area contributed by atoms with Crippen LogP contribution in [0, 0.1) is 0 Å². The van der Waals surface area contributed by atoms with Gasteiger partial charge in [-0.05, 0) is 17.7 Å². The molecule has 0 spiro atoms. The summed E-state index contributed by atoms with van der Waals surface area (Å²) in [5.41, 5.74) is 1.56. The maximum Gasteiger partial charge on any atom is 0.320 e. The molecule has 0 aliphatic carbocycles. The third-order valence-electron chi connectivity index (χ3n) is 3.88. The van der Waals surface area contributed by atoms with Crippen LogP contribution in [0.5, 0.6) is 5.75 Å². The van der Waals surface area contributed by atoms with Crippen LogP contribution in [0.1, 0.15) is 17.4 Å². The van der Waals surface area contributed by atoms with Crippen molar-refractivity contribution in [1.82, 2.24) is 14.9 Å². The first-order valence-electron chi connectivity index (χ1n) is 7.91. The number of para-hydroxylation sites is 2. The number of nitrogens with zero attached hydrogens (tertiary/aromatic N) is 2. The topological polar surface area (TPSA) is 68.2 Å². The predicted molar refractivity (Wildman–Crippen MR) is 96.6 cm³/mol. The second kappa shape index (κ2) is 7.53. The monoisotopic (exact) mass is 336 g/mol. The minimum atomic E-state index is -0.365. The zero-order valence-electron chi connectivity index (χ0n) is 14.1. The van der Waals surface area contributed by atoms with Crippen molar-refractivity contribution in [3.63, 3.8) is 0 Å². The molecule has 1 aromatic heterocycles. The highest BCUT2D eigenvalue weighted by Gasteiger charge is 2.21. The van der Waals surface area contributed by atoms with Crippen LogP contribution in [0.2, 0.25) is 0 Å². The fourth-order valence-corrected chi connectivity index (χ4v) is 2.64. The lowest BCUT2D eigenvalue weighted by atomic mass is 10.1. The van der Waals surface area contributed by atoms with Crippen LogP contribution in [-0.4, -0.2) is 22.7 Å². The lowest BCUT2D eigenvalue weighted by Gasteiger charge is -2.20. The molecule has 0 saturated carbocycles. The van der Waals surface area contributed by atoms with Crippen molar-refractivity contribution in [3.8, 4) is 5.75 Å². The van der Waals surface area contributed by atoms with Gasteiger partial charge in [0.05, 0.1) is 12.8 Å². The van der Waals surface area contributed by atoms with Crippen molar-refractivity contribution in [1.29, 1.82) is 0 Å². The van der Waals surface area contributed by atoms with Gasteiger partial charge in [0.2, 0.25) is 0 Å². The molecule has 0 aliphatic heterocycles. The average molecular weight is 336 g/mol. The number of aromatic nitrogens is 2. The minimum Gasteiger partial charge on any atom is -0.495 e. The number of imidazole rings is 1. The van der Waals surface area contributed by atoms with Crippen LogP contribution in [0.3, 0.4) is 0 Å². The van der Waals surface area contributed by atoms with Crippen molar-refractivity contribution in [2.75, 3.05) is 12.4 Å². The second-order valence-corrected chi connectivity index (χ2v) is 5.54. The molecule has 0 aliphatic rings. The Hall–Kier alpha value is -3.28. The number of ether oxygens (including phenoxy) is 1. The number of carbonyl (C=O) groups excluding carboxylic acids is 1. The highest BCUT2D eigenvalue weighted by atomic mass is 16.5. The SMILES string of the molecule is COc1ccccc1NC(=O)N[C@@H](c1ccccc1)c1nccn1C. The highest BCUT2D eigenvalue weighted by Crippen LogP contribution is 2.24. The number of anilines is 1. The Kier molecular flexibility index (Phi) is 4.99. The van der Waals surface area contributed by atoms with E-state index in [2.05, 4.69) is 15.6 Å². The molecule has 0 fully saturated rings. The van der Waals surface area contributed by atoms with Crippen LogP contribution < -0.4 is 15.4 Å². The van der Waals surface area contributed by atoms with Crippen LogP contribution >= 0.6 is 0 Å². The van der Waals surface area contributed by atoms with Crippen molar-refractivity contribution < 1.29 is 9.53 Å². The molecule has 2 amide bonds. The fraction of sp³-hybridized carbons (Fsp3) is 0.158. The van der Waals surface area contributed by atoms with Gasteiger partial charge in [-0.1, -0.05) is 42.5 Å². The number of rotatable bonds is 5. The van der Waals surface area contributed by atoms with E-state index in [-0.39, 0.29) is 12.1 Å². The smallest absolute Gasteiger partial charge is 0.320 e. The van der Waals surface area contributed by atoms with Gasteiger partial charge in [0, 0.05) is 19.4 Å². The zero-order chi connectivity index (χ0) is 17.6. The summed E-state index contributed by atoms with van der Waals surface area (Å²) in [6.07, 6.45) is 3.57. The van der Waals surface area contributed by atoms with Crippen LogP contribution in [-0.2, 0) is 7.05 Å². The van der Waals surface area contributed by atoms with E-state index in [1.54, 1.807) is 25.4 Å². The van der Waals surface area contributed by atoms with Gasteiger partial charge in [0.25, 0.3) is 0 Å². The van der Waals surface area contributed by atoms with Gasteiger partial charge in [-0.3, -0.25) is 0 Å². The van der Waals surface area contributed by atoms with Gasteiger partial charge in [-0.2, -0.15) is 0 Å². The third-order valence-corrected chi connectivity index (χ3v) is 3.88. The molecule has 2 aromatic carbocycles. The molecule has 25 heavy (non-hydrogen) atoms. The number of hydrogen-bond acceptors (Lipinski definition) is 3. The molecular weight excluding hydrogens is 316 g/mol. The number of carbonyl (C=O) groups is 1. The summed E-state index contributed by atoms with van der Waals surface area (Å²) in [7, 11) is 3.47. The summed E-state index contributed by atoms with van der Waals surface area (Å²) in [5.74, 6) is 1.35. The first kappa shape index (κ1) is 16.6. The van der Waals surface area contributed by atoms with E-state index in [0.29, 0.717) is 11.4 Å². The van der Waals surface area contributed by atoms with Gasteiger partial charge >= 0.3 is 6.03 Å². The van der Waals surface area contributed by atoms with E-state index in [9.17, 15) is 4.79 Å². The van der Waals surface area contributed by atoms with E-state index in [1.165, 1.54) is 0 Å². The molecule has 2 N–H and O–H groups in total. The molecule has 0 bridgehead atoms. The Bertz CT molecular complexity index is 845. The van der Waals surface area contributed by atoms with E-state index >= 15 is 0 Å². The largest absolute Gasteiger partial charge is 0.495 e. The minimum absolute atomic E-state index is 0.332. The van der Waals surface area contributed by atoms with Crippen molar-refractivity contribution in [2.45, 2.75) is 6.04 Å². The Balaban J connectivity index is 1.83. The molecule has 3 aromatic rings. The highest BCUT2D eigenvalue weighted by molar-refractivity contribution is 5.91. The molecular formula is C19H20N4O2. The number of hydrogen-bond donors (Lipinski definition) is 2. The Morgan fingerprint density at radius 3 is 2.52 bits per heavy atom. The number of urea groups is 1. The molecule has 0 radical (unpaired) electrons. The van der Waals surface area contributed by atoms with E-state index < -0.39 is 0 Å². The number of amides is 2. The summed E-state index contributed by atoms with van der Waals surface area (Å²) in [6, 6.07) is 16.3. The van der Waals surface area contributed by atoms with Gasteiger partial charge in [-0.25, -0.2) is 9.78 Å². The van der Waals surface area contributed by atoms with Gasteiger partial charge < -0.3 is 19.9 Å². The normalized spacial score (nSPS) is 11.6. The molecule has 1 heterocycles. The molecule has 6 heteroatoms. The lowest BCUT2D eigenvalue weighted by molar-refractivity contribution is 0.249. The van der Waals surface area contributed by atoms with E-state index in [1.807, 2.05) is 60.3 Å². The van der Waals surface area contributed by atoms with Crippen LogP contribution in [0.25, 0.3) is 0 Å². The van der Waals surface area contributed by atoms with Gasteiger partial charge in [-0.15, -0.1) is 0 Å². The quantitative estimate of drug-likeness (QED) is 0.751. The summed E-state index contributed by atoms with van der Waals surface area (Å²) >= 11 is 0. The predicted octanol–water partition coefficient (Wildman–Crippen LogP) is 3.34. The third kappa shape index (κ3) is 3.80. The summed E-state index contributed by atoms with van der Waals surface area (Å²) in [6.45, 7) is 0. The molecule has 0 saturated heterocycles. The fourth-order valence-electron chi connectivity index (χ4n) is 2.64. The maximum absolute atomic E-state index is 12.6. The number of methoxy groups -OCH3 is 1. The van der Waals surface area contributed by atoms with E-state index in [0.717, 1.165) is 11.4 Å². The summed E-state index contributed by atoms with van der Waals surface area (Å²) < 4.78 is 7.16. The number of nitrogens with one attached hydrogen (secondary N) is 2. The zero-order valence-corrected chi connectivity index (χ0v) is 14.1. The molecule has 0 unspecified atom stereocenters. The first-order chi connectivity index (χ1) is 12.2. The van der Waals surface area contributed by atoms with Crippen molar-refractivity contribution >= 4 is 11.7 Å². The van der Waals surface area contributed by atoms with E-state index in [4.69, 9.17) is 4.74 Å². The Morgan fingerprint density at radius 2 is 1.84 bits per heavy atom. The van der Waals surface area contributed by atoms with Gasteiger partial charge in [0.15, 0.2) is 0 Å². The van der Waals surface area contributed by atoms with Crippen molar-refractivity contribution in [2.24, 2.45) is 7.05 Å².